The van der Waals surface area contributed by atoms with Crippen LogP contribution in [0, 0.1) is 11.8 Å². The molecule has 316 valence electrons. The molecule has 0 radical (unpaired) electrons. The standard InChI is InChI=1S/C48H94O5/c1-44(2)38-34-30-26-22-18-14-10-7-5-6-8-12-16-20-24-28-32-36-40-47(50)52-43-46(42-49)53-48(51)41-37-33-29-25-21-17-13-9-11-15-19-23-27-31-35-39-45(3)4/h44-46,49H,5-43H2,1-4H3/t46-/m0/s1. The van der Waals surface area contributed by atoms with Gasteiger partial charge >= 0.3 is 11.9 Å². The molecule has 53 heavy (non-hydrogen) atoms. The lowest BCUT2D eigenvalue weighted by molar-refractivity contribution is -0.161. The normalized spacial score (nSPS) is 12.2. The zero-order valence-corrected chi connectivity index (χ0v) is 36.4. The SMILES string of the molecule is CC(C)CCCCCCCCCCCCCCCCCCCCC(=O)OC[C@H](CO)OC(=O)CCCCCCCCCCCCCCCCCC(C)C. The molecule has 0 aromatic carbocycles. The summed E-state index contributed by atoms with van der Waals surface area (Å²) < 4.78 is 10.7. The minimum Gasteiger partial charge on any atom is -0.462 e. The van der Waals surface area contributed by atoms with E-state index in [4.69, 9.17) is 9.47 Å². The van der Waals surface area contributed by atoms with Gasteiger partial charge in [0.05, 0.1) is 6.61 Å². The molecule has 0 heterocycles. The molecule has 0 rings (SSSR count). The third-order valence-corrected chi connectivity index (χ3v) is 11.0. The lowest BCUT2D eigenvalue weighted by Gasteiger charge is -2.15. The van der Waals surface area contributed by atoms with E-state index in [1.165, 1.54) is 193 Å². The number of carbonyl (C=O) groups excluding carboxylic acids is 2. The van der Waals surface area contributed by atoms with Gasteiger partial charge in [0, 0.05) is 12.8 Å². The molecular weight excluding hydrogens is 657 g/mol. The number of ether oxygens (including phenoxy) is 2. The summed E-state index contributed by atoms with van der Waals surface area (Å²) in [6.45, 7) is 8.92. The summed E-state index contributed by atoms with van der Waals surface area (Å²) in [7, 11) is 0. The van der Waals surface area contributed by atoms with Crippen LogP contribution in [0.4, 0.5) is 0 Å². The highest BCUT2D eigenvalue weighted by Crippen LogP contribution is 2.17. The van der Waals surface area contributed by atoms with Crippen LogP contribution in [0.3, 0.4) is 0 Å². The largest absolute Gasteiger partial charge is 0.462 e. The van der Waals surface area contributed by atoms with Crippen LogP contribution in [0.15, 0.2) is 0 Å². The van der Waals surface area contributed by atoms with Crippen molar-refractivity contribution >= 4 is 11.9 Å². The number of rotatable bonds is 43. The third-order valence-electron chi connectivity index (χ3n) is 11.0. The zero-order valence-electron chi connectivity index (χ0n) is 36.4. The van der Waals surface area contributed by atoms with Crippen molar-refractivity contribution in [3.63, 3.8) is 0 Å². The fourth-order valence-corrected chi connectivity index (χ4v) is 7.40. The van der Waals surface area contributed by atoms with Gasteiger partial charge in [-0.2, -0.15) is 0 Å². The van der Waals surface area contributed by atoms with Gasteiger partial charge < -0.3 is 14.6 Å². The molecular formula is C48H94O5. The highest BCUT2D eigenvalue weighted by molar-refractivity contribution is 5.70. The fraction of sp³-hybridized carbons (Fsp3) is 0.958. The molecule has 0 amide bonds. The number of hydrogen-bond acceptors (Lipinski definition) is 5. The van der Waals surface area contributed by atoms with E-state index in [9.17, 15) is 14.7 Å². The van der Waals surface area contributed by atoms with E-state index in [2.05, 4.69) is 27.7 Å². The molecule has 5 heteroatoms. The number of unbranched alkanes of at least 4 members (excludes halogenated alkanes) is 31. The molecule has 0 fully saturated rings. The Morgan fingerprint density at radius 2 is 0.623 bits per heavy atom. The van der Waals surface area contributed by atoms with Gasteiger partial charge in [-0.15, -0.1) is 0 Å². The van der Waals surface area contributed by atoms with Gasteiger partial charge in [0.2, 0.25) is 0 Å². The minimum atomic E-state index is -0.764. The van der Waals surface area contributed by atoms with Gasteiger partial charge in [0.15, 0.2) is 6.10 Å². The summed E-state index contributed by atoms with van der Waals surface area (Å²) in [4.78, 5) is 24.4. The average Bonchev–Trinajstić information content (AvgIpc) is 3.13. The van der Waals surface area contributed by atoms with Gasteiger partial charge in [-0.1, -0.05) is 240 Å². The minimum absolute atomic E-state index is 0.0573. The first-order chi connectivity index (χ1) is 25.8. The van der Waals surface area contributed by atoms with E-state index in [1.54, 1.807) is 0 Å². The molecule has 0 bridgehead atoms. The van der Waals surface area contributed by atoms with Crippen molar-refractivity contribution in [2.45, 2.75) is 271 Å². The second kappa shape index (κ2) is 42.1. The number of carbonyl (C=O) groups is 2. The molecule has 0 spiro atoms. The van der Waals surface area contributed by atoms with Crippen molar-refractivity contribution in [1.82, 2.24) is 0 Å². The summed E-state index contributed by atoms with van der Waals surface area (Å²) >= 11 is 0. The Morgan fingerprint density at radius 3 is 0.887 bits per heavy atom. The maximum atomic E-state index is 12.2. The number of aliphatic hydroxyl groups excluding tert-OH is 1. The van der Waals surface area contributed by atoms with Crippen molar-refractivity contribution in [2.75, 3.05) is 13.2 Å². The summed E-state index contributed by atoms with van der Waals surface area (Å²) in [5.74, 6) is 1.15. The van der Waals surface area contributed by atoms with Crippen LogP contribution in [0.2, 0.25) is 0 Å². The first-order valence-electron chi connectivity index (χ1n) is 23.8. The molecule has 1 atom stereocenters. The fourth-order valence-electron chi connectivity index (χ4n) is 7.40. The van der Waals surface area contributed by atoms with E-state index >= 15 is 0 Å². The summed E-state index contributed by atoms with van der Waals surface area (Å²) in [6.07, 6.45) is 46.1. The lowest BCUT2D eigenvalue weighted by Crippen LogP contribution is -2.28. The van der Waals surface area contributed by atoms with E-state index in [0.29, 0.717) is 12.8 Å². The summed E-state index contributed by atoms with van der Waals surface area (Å²) in [5.41, 5.74) is 0. The van der Waals surface area contributed by atoms with Crippen LogP contribution in [0.5, 0.6) is 0 Å². The highest BCUT2D eigenvalue weighted by atomic mass is 16.6. The molecule has 5 nitrogen and oxygen atoms in total. The molecule has 0 saturated heterocycles. The average molecular weight is 751 g/mol. The Hall–Kier alpha value is -1.10. The quantitative estimate of drug-likeness (QED) is 0.0496. The first kappa shape index (κ1) is 51.9. The second-order valence-electron chi connectivity index (χ2n) is 17.5. The van der Waals surface area contributed by atoms with Crippen LogP contribution >= 0.6 is 0 Å². The zero-order chi connectivity index (χ0) is 38.9. The van der Waals surface area contributed by atoms with Gasteiger partial charge in [-0.25, -0.2) is 0 Å². The van der Waals surface area contributed by atoms with Crippen molar-refractivity contribution < 1.29 is 24.2 Å². The molecule has 0 aliphatic carbocycles. The van der Waals surface area contributed by atoms with E-state index in [1.807, 2.05) is 0 Å². The predicted octanol–water partition coefficient (Wildman–Crippen LogP) is 15.2. The van der Waals surface area contributed by atoms with Crippen LogP contribution in [0.25, 0.3) is 0 Å². The molecule has 0 aliphatic rings. The second-order valence-corrected chi connectivity index (χ2v) is 17.5. The summed E-state index contributed by atoms with van der Waals surface area (Å²) in [5, 5.41) is 9.60. The van der Waals surface area contributed by atoms with Crippen molar-refractivity contribution in [3.05, 3.63) is 0 Å². The molecule has 1 N–H and O–H groups in total. The smallest absolute Gasteiger partial charge is 0.306 e. The maximum Gasteiger partial charge on any atom is 0.306 e. The number of hydrogen-bond donors (Lipinski definition) is 1. The number of esters is 2. The molecule has 0 unspecified atom stereocenters. The van der Waals surface area contributed by atoms with Crippen LogP contribution < -0.4 is 0 Å². The molecule has 0 aromatic rings. The van der Waals surface area contributed by atoms with Crippen molar-refractivity contribution in [3.8, 4) is 0 Å². The van der Waals surface area contributed by atoms with Gasteiger partial charge in [-0.05, 0) is 24.7 Å². The third kappa shape index (κ3) is 43.5. The Balaban J connectivity index is 3.45. The van der Waals surface area contributed by atoms with Crippen LogP contribution in [0.1, 0.15) is 265 Å². The Labute approximate surface area is 331 Å². The topological polar surface area (TPSA) is 72.8 Å². The van der Waals surface area contributed by atoms with Gasteiger partial charge in [0.1, 0.15) is 6.61 Å². The lowest BCUT2D eigenvalue weighted by atomic mass is 10.0. The van der Waals surface area contributed by atoms with Crippen LogP contribution in [-0.4, -0.2) is 36.4 Å². The molecule has 0 aromatic heterocycles. The first-order valence-corrected chi connectivity index (χ1v) is 23.8. The maximum absolute atomic E-state index is 12.2. The molecule has 0 aliphatic heterocycles. The molecule has 0 saturated carbocycles. The van der Waals surface area contributed by atoms with Crippen molar-refractivity contribution in [1.29, 1.82) is 0 Å². The van der Waals surface area contributed by atoms with Gasteiger partial charge in [0.25, 0.3) is 0 Å². The monoisotopic (exact) mass is 751 g/mol. The van der Waals surface area contributed by atoms with Gasteiger partial charge in [-0.3, -0.25) is 9.59 Å². The Kier molecular flexibility index (Phi) is 41.2. The van der Waals surface area contributed by atoms with E-state index < -0.39 is 6.10 Å². The number of aliphatic hydroxyl groups is 1. The summed E-state index contributed by atoms with van der Waals surface area (Å²) in [6, 6.07) is 0. The Morgan fingerprint density at radius 1 is 0.377 bits per heavy atom. The van der Waals surface area contributed by atoms with Crippen LogP contribution in [-0.2, 0) is 19.1 Å². The predicted molar refractivity (Wildman–Crippen MR) is 228 cm³/mol. The van der Waals surface area contributed by atoms with E-state index in [-0.39, 0.29) is 25.2 Å². The van der Waals surface area contributed by atoms with Crippen molar-refractivity contribution in [2.24, 2.45) is 11.8 Å². The highest BCUT2D eigenvalue weighted by Gasteiger charge is 2.16. The van der Waals surface area contributed by atoms with E-state index in [0.717, 1.165) is 43.9 Å². The Bertz CT molecular complexity index is 750.